The van der Waals surface area contributed by atoms with Crippen molar-refractivity contribution in [2.24, 2.45) is 0 Å². The predicted octanol–water partition coefficient (Wildman–Crippen LogP) is 2.61. The molecule has 0 aliphatic carbocycles. The van der Waals surface area contributed by atoms with E-state index in [9.17, 15) is 0 Å². The van der Waals surface area contributed by atoms with Crippen molar-refractivity contribution in [3.8, 4) is 11.5 Å². The topological polar surface area (TPSA) is 95.2 Å². The van der Waals surface area contributed by atoms with Crippen LogP contribution in [0.3, 0.4) is 0 Å². The smallest absolute Gasteiger partial charge is 0.225 e. The predicted molar refractivity (Wildman–Crippen MR) is 91.2 cm³/mol. The van der Waals surface area contributed by atoms with Crippen LogP contribution in [-0.2, 0) is 6.54 Å². The van der Waals surface area contributed by atoms with E-state index in [0.717, 1.165) is 16.1 Å². The van der Waals surface area contributed by atoms with Crippen molar-refractivity contribution in [2.75, 3.05) is 25.3 Å². The molecule has 0 aliphatic heterocycles. The van der Waals surface area contributed by atoms with Crippen LogP contribution in [0.25, 0.3) is 10.9 Å². The van der Waals surface area contributed by atoms with E-state index in [0.29, 0.717) is 35.3 Å². The van der Waals surface area contributed by atoms with Gasteiger partial charge in [0.15, 0.2) is 11.5 Å². The maximum Gasteiger partial charge on any atom is 0.225 e. The summed E-state index contributed by atoms with van der Waals surface area (Å²) in [6, 6.07) is 3.56. The van der Waals surface area contributed by atoms with Gasteiger partial charge in [-0.2, -0.15) is 4.98 Å². The lowest BCUT2D eigenvalue weighted by Gasteiger charge is -2.11. The summed E-state index contributed by atoms with van der Waals surface area (Å²) in [5.74, 6) is 2.02. The molecule has 0 radical (unpaired) electrons. The summed E-state index contributed by atoms with van der Waals surface area (Å²) in [5, 5.41) is 6.89. The number of ether oxygens (including phenoxy) is 2. The van der Waals surface area contributed by atoms with Crippen molar-refractivity contribution in [2.45, 2.75) is 13.5 Å². The van der Waals surface area contributed by atoms with Gasteiger partial charge in [0.2, 0.25) is 5.95 Å². The van der Waals surface area contributed by atoms with Crippen LogP contribution in [0.15, 0.2) is 17.5 Å². The van der Waals surface area contributed by atoms with Gasteiger partial charge in [0.25, 0.3) is 0 Å². The first-order valence-corrected chi connectivity index (χ1v) is 7.83. The summed E-state index contributed by atoms with van der Waals surface area (Å²) in [4.78, 5) is 13.2. The van der Waals surface area contributed by atoms with Crippen molar-refractivity contribution < 1.29 is 9.47 Å². The third kappa shape index (κ3) is 3.11. The number of aromatic nitrogens is 3. The van der Waals surface area contributed by atoms with Gasteiger partial charge in [-0.3, -0.25) is 0 Å². The fourth-order valence-corrected chi connectivity index (χ4v) is 2.83. The first-order chi connectivity index (χ1) is 11.1. The number of nitrogens with one attached hydrogen (secondary N) is 1. The molecule has 3 aromatic rings. The number of rotatable bonds is 5. The molecular formula is C15H17N5O2S. The number of methoxy groups -OCH3 is 2. The normalized spacial score (nSPS) is 10.7. The SMILES string of the molecule is COc1cc2nc(NCc3csc(C)n3)nc(N)c2cc1OC. The molecule has 0 aliphatic rings. The van der Waals surface area contributed by atoms with E-state index in [1.807, 2.05) is 12.3 Å². The molecule has 2 aromatic heterocycles. The first kappa shape index (κ1) is 15.3. The molecule has 3 N–H and O–H groups in total. The third-order valence-electron chi connectivity index (χ3n) is 3.32. The van der Waals surface area contributed by atoms with Crippen LogP contribution in [0.2, 0.25) is 0 Å². The Hall–Kier alpha value is -2.61. The maximum atomic E-state index is 6.04. The van der Waals surface area contributed by atoms with Crippen molar-refractivity contribution in [3.05, 3.63) is 28.2 Å². The van der Waals surface area contributed by atoms with Gasteiger partial charge in [0.05, 0.1) is 37.0 Å². The van der Waals surface area contributed by atoms with E-state index in [1.54, 1.807) is 37.7 Å². The van der Waals surface area contributed by atoms with Gasteiger partial charge in [-0.1, -0.05) is 0 Å². The fourth-order valence-electron chi connectivity index (χ4n) is 2.22. The highest BCUT2D eigenvalue weighted by molar-refractivity contribution is 7.09. The Bertz CT molecular complexity index is 849. The van der Waals surface area contributed by atoms with Crippen LogP contribution in [0.4, 0.5) is 11.8 Å². The van der Waals surface area contributed by atoms with Gasteiger partial charge in [-0.25, -0.2) is 9.97 Å². The molecule has 8 heteroatoms. The van der Waals surface area contributed by atoms with Gasteiger partial charge in [-0.05, 0) is 13.0 Å². The summed E-state index contributed by atoms with van der Waals surface area (Å²) in [6.45, 7) is 2.51. The number of hydrogen-bond acceptors (Lipinski definition) is 8. The lowest BCUT2D eigenvalue weighted by Crippen LogP contribution is -2.06. The minimum Gasteiger partial charge on any atom is -0.493 e. The molecule has 1 aromatic carbocycles. The van der Waals surface area contributed by atoms with Crippen LogP contribution in [0.1, 0.15) is 10.7 Å². The molecule has 0 unspecified atom stereocenters. The van der Waals surface area contributed by atoms with Crippen molar-refractivity contribution >= 4 is 34.0 Å². The lowest BCUT2D eigenvalue weighted by molar-refractivity contribution is 0.356. The Labute approximate surface area is 137 Å². The Balaban J connectivity index is 1.93. The summed E-state index contributed by atoms with van der Waals surface area (Å²) in [7, 11) is 3.16. The Morgan fingerprint density at radius 1 is 1.13 bits per heavy atom. The molecule has 0 atom stereocenters. The number of thiazole rings is 1. The van der Waals surface area contributed by atoms with Crippen LogP contribution in [0, 0.1) is 6.92 Å². The molecule has 0 saturated carbocycles. The summed E-state index contributed by atoms with van der Waals surface area (Å²) in [6.07, 6.45) is 0. The van der Waals surface area contributed by atoms with E-state index >= 15 is 0 Å². The number of hydrogen-bond donors (Lipinski definition) is 2. The number of aryl methyl sites for hydroxylation is 1. The van der Waals surface area contributed by atoms with E-state index in [-0.39, 0.29) is 0 Å². The molecule has 0 spiro atoms. The number of fused-ring (bicyclic) bond motifs is 1. The highest BCUT2D eigenvalue weighted by atomic mass is 32.1. The van der Waals surface area contributed by atoms with E-state index in [4.69, 9.17) is 15.2 Å². The molecular weight excluding hydrogens is 314 g/mol. The molecule has 3 rings (SSSR count). The summed E-state index contributed by atoms with van der Waals surface area (Å²) in [5.41, 5.74) is 7.68. The van der Waals surface area contributed by atoms with E-state index in [2.05, 4.69) is 20.3 Å². The molecule has 0 bridgehead atoms. The molecule has 120 valence electrons. The number of nitrogen functional groups attached to an aromatic ring is 1. The summed E-state index contributed by atoms with van der Waals surface area (Å²) < 4.78 is 10.6. The summed E-state index contributed by atoms with van der Waals surface area (Å²) >= 11 is 1.61. The highest BCUT2D eigenvalue weighted by Gasteiger charge is 2.11. The Morgan fingerprint density at radius 3 is 2.52 bits per heavy atom. The standard InChI is InChI=1S/C15H17N5O2S/c1-8-18-9(7-23-8)6-17-15-19-11-5-13(22-3)12(21-2)4-10(11)14(16)20-15/h4-5,7H,6H2,1-3H3,(H3,16,17,19,20). The minimum absolute atomic E-state index is 0.382. The van der Waals surface area contributed by atoms with Crippen LogP contribution < -0.4 is 20.5 Å². The van der Waals surface area contributed by atoms with E-state index < -0.39 is 0 Å². The van der Waals surface area contributed by atoms with Crippen LogP contribution in [-0.4, -0.2) is 29.2 Å². The molecule has 2 heterocycles. The zero-order chi connectivity index (χ0) is 16.4. The van der Waals surface area contributed by atoms with Gasteiger partial charge in [0.1, 0.15) is 5.82 Å². The number of benzene rings is 1. The monoisotopic (exact) mass is 331 g/mol. The average molecular weight is 331 g/mol. The van der Waals surface area contributed by atoms with Gasteiger partial charge >= 0.3 is 0 Å². The van der Waals surface area contributed by atoms with Crippen molar-refractivity contribution in [3.63, 3.8) is 0 Å². The van der Waals surface area contributed by atoms with Gasteiger partial charge in [-0.15, -0.1) is 11.3 Å². The Morgan fingerprint density at radius 2 is 1.87 bits per heavy atom. The lowest BCUT2D eigenvalue weighted by atomic mass is 10.2. The zero-order valence-electron chi connectivity index (χ0n) is 13.1. The van der Waals surface area contributed by atoms with Crippen LogP contribution >= 0.6 is 11.3 Å². The van der Waals surface area contributed by atoms with E-state index in [1.165, 1.54) is 0 Å². The molecule has 0 fully saturated rings. The fraction of sp³-hybridized carbons (Fsp3) is 0.267. The molecule has 0 amide bonds. The molecule has 23 heavy (non-hydrogen) atoms. The molecule has 0 saturated heterocycles. The molecule has 7 nitrogen and oxygen atoms in total. The second-order valence-electron chi connectivity index (χ2n) is 4.87. The second kappa shape index (κ2) is 6.25. The van der Waals surface area contributed by atoms with Crippen molar-refractivity contribution in [1.29, 1.82) is 0 Å². The number of nitrogens with two attached hydrogens (primary N) is 1. The van der Waals surface area contributed by atoms with Gasteiger partial charge in [0, 0.05) is 16.8 Å². The number of anilines is 2. The average Bonchev–Trinajstić information content (AvgIpc) is 2.97. The third-order valence-corrected chi connectivity index (χ3v) is 4.15. The van der Waals surface area contributed by atoms with Crippen LogP contribution in [0.5, 0.6) is 11.5 Å². The zero-order valence-corrected chi connectivity index (χ0v) is 13.9. The Kier molecular flexibility index (Phi) is 4.16. The number of nitrogens with zero attached hydrogens (tertiary/aromatic N) is 3. The van der Waals surface area contributed by atoms with Crippen molar-refractivity contribution in [1.82, 2.24) is 15.0 Å². The maximum absolute atomic E-state index is 6.04. The minimum atomic E-state index is 0.382. The first-order valence-electron chi connectivity index (χ1n) is 6.95. The van der Waals surface area contributed by atoms with Gasteiger partial charge < -0.3 is 20.5 Å². The highest BCUT2D eigenvalue weighted by Crippen LogP contribution is 2.33. The second-order valence-corrected chi connectivity index (χ2v) is 5.93. The quantitative estimate of drug-likeness (QED) is 0.742. The largest absolute Gasteiger partial charge is 0.493 e.